The van der Waals surface area contributed by atoms with Crippen LogP contribution in [0.4, 0.5) is 0 Å². The van der Waals surface area contributed by atoms with Crippen LogP contribution in [0.15, 0.2) is 84.0 Å². The van der Waals surface area contributed by atoms with Crippen molar-refractivity contribution in [2.24, 2.45) is 0 Å². The normalized spacial score (nSPS) is 11.2. The molecule has 0 radical (unpaired) electrons. The van der Waals surface area contributed by atoms with Crippen LogP contribution < -0.4 is 0 Å². The fourth-order valence-corrected chi connectivity index (χ4v) is 4.91. The zero-order chi connectivity index (χ0) is 23.7. The van der Waals surface area contributed by atoms with Crippen LogP contribution in [-0.4, -0.2) is 24.5 Å². The summed E-state index contributed by atoms with van der Waals surface area (Å²) in [5.41, 5.74) is 9.11. The van der Waals surface area contributed by atoms with Gasteiger partial charge in [-0.05, 0) is 74.7 Å². The van der Waals surface area contributed by atoms with E-state index in [1.54, 1.807) is 11.8 Å². The Morgan fingerprint density at radius 1 is 0.735 bits per heavy atom. The molecule has 3 aromatic carbocycles. The predicted molar refractivity (Wildman–Crippen MR) is 139 cm³/mol. The number of thioether (sulfide) groups is 1. The van der Waals surface area contributed by atoms with E-state index < -0.39 is 0 Å². The topological polar surface area (TPSA) is 48.5 Å². The lowest BCUT2D eigenvalue weighted by atomic mass is 10.1. The third-order valence-corrected chi connectivity index (χ3v) is 6.97. The molecule has 0 saturated heterocycles. The number of aryl methyl sites for hydroxylation is 4. The van der Waals surface area contributed by atoms with Crippen LogP contribution in [0.2, 0.25) is 0 Å². The molecule has 34 heavy (non-hydrogen) atoms. The average Bonchev–Trinajstić information content (AvgIpc) is 3.43. The van der Waals surface area contributed by atoms with Crippen LogP contribution in [0.5, 0.6) is 0 Å². The molecule has 0 bridgehead atoms. The predicted octanol–water partition coefficient (Wildman–Crippen LogP) is 6.65. The van der Waals surface area contributed by atoms with E-state index in [2.05, 4.69) is 101 Å². The van der Waals surface area contributed by atoms with Gasteiger partial charge in [-0.2, -0.15) is 5.10 Å². The molecule has 0 fully saturated rings. The van der Waals surface area contributed by atoms with Gasteiger partial charge in [-0.25, -0.2) is 4.68 Å². The molecule has 5 aromatic rings. The maximum Gasteiger partial charge on any atom is 0.196 e. The van der Waals surface area contributed by atoms with Crippen molar-refractivity contribution < 1.29 is 0 Å². The van der Waals surface area contributed by atoms with E-state index in [1.807, 2.05) is 29.8 Å². The van der Waals surface area contributed by atoms with Crippen molar-refractivity contribution in [2.75, 3.05) is 0 Å². The van der Waals surface area contributed by atoms with E-state index in [0.717, 1.165) is 45.1 Å². The lowest BCUT2D eigenvalue weighted by Gasteiger charge is -2.12. The lowest BCUT2D eigenvalue weighted by Crippen LogP contribution is -2.01. The van der Waals surface area contributed by atoms with Crippen molar-refractivity contribution in [3.05, 3.63) is 107 Å². The number of aromatic nitrogens is 5. The van der Waals surface area contributed by atoms with E-state index in [1.165, 1.54) is 16.7 Å². The molecular formula is C28H27N5S. The van der Waals surface area contributed by atoms with Crippen LogP contribution >= 0.6 is 11.8 Å². The number of hydrogen-bond donors (Lipinski definition) is 0. The first kappa shape index (κ1) is 22.2. The molecule has 0 aliphatic heterocycles. The third kappa shape index (κ3) is 4.41. The zero-order valence-electron chi connectivity index (χ0n) is 19.9. The van der Waals surface area contributed by atoms with Crippen LogP contribution in [0.25, 0.3) is 22.8 Å². The van der Waals surface area contributed by atoms with E-state index >= 15 is 0 Å². The number of benzene rings is 3. The Bertz CT molecular complexity index is 1430. The molecule has 0 aliphatic rings. The van der Waals surface area contributed by atoms with Crippen molar-refractivity contribution >= 4 is 11.8 Å². The summed E-state index contributed by atoms with van der Waals surface area (Å²) in [7, 11) is 0. The van der Waals surface area contributed by atoms with Gasteiger partial charge in [-0.3, -0.25) is 4.57 Å². The summed E-state index contributed by atoms with van der Waals surface area (Å²) >= 11 is 1.70. The summed E-state index contributed by atoms with van der Waals surface area (Å²) in [5, 5.41) is 14.6. The summed E-state index contributed by atoms with van der Waals surface area (Å²) in [6.07, 6.45) is 0. The van der Waals surface area contributed by atoms with Gasteiger partial charge in [0.25, 0.3) is 0 Å². The Labute approximate surface area is 204 Å². The third-order valence-electron chi connectivity index (χ3n) is 5.97. The lowest BCUT2D eigenvalue weighted by molar-refractivity contribution is 0.833. The molecule has 0 amide bonds. The van der Waals surface area contributed by atoms with E-state index in [9.17, 15) is 0 Å². The van der Waals surface area contributed by atoms with Gasteiger partial charge < -0.3 is 0 Å². The minimum Gasteiger partial charge on any atom is -0.270 e. The largest absolute Gasteiger partial charge is 0.270 e. The molecule has 2 aromatic heterocycles. The molecule has 2 heterocycles. The average molecular weight is 466 g/mol. The molecule has 0 atom stereocenters. The summed E-state index contributed by atoms with van der Waals surface area (Å²) < 4.78 is 4.14. The van der Waals surface area contributed by atoms with Gasteiger partial charge in [0.2, 0.25) is 0 Å². The molecular weight excluding hydrogens is 438 g/mol. The second-order valence-electron chi connectivity index (χ2n) is 8.57. The summed E-state index contributed by atoms with van der Waals surface area (Å²) in [5.74, 6) is 1.65. The second-order valence-corrected chi connectivity index (χ2v) is 9.51. The van der Waals surface area contributed by atoms with Crippen LogP contribution in [0.1, 0.15) is 28.1 Å². The molecule has 0 spiro atoms. The Morgan fingerprint density at radius 2 is 1.47 bits per heavy atom. The highest BCUT2D eigenvalue weighted by molar-refractivity contribution is 7.98. The maximum atomic E-state index is 4.58. The first-order valence-electron chi connectivity index (χ1n) is 11.3. The maximum absolute atomic E-state index is 4.58. The Kier molecular flexibility index (Phi) is 6.07. The highest BCUT2D eigenvalue weighted by Crippen LogP contribution is 2.30. The van der Waals surface area contributed by atoms with Crippen molar-refractivity contribution in [1.82, 2.24) is 24.5 Å². The van der Waals surface area contributed by atoms with Crippen LogP contribution in [0.3, 0.4) is 0 Å². The summed E-state index contributed by atoms with van der Waals surface area (Å²) in [6.45, 7) is 8.37. The summed E-state index contributed by atoms with van der Waals surface area (Å²) in [4.78, 5) is 0. The molecule has 5 rings (SSSR count). The smallest absolute Gasteiger partial charge is 0.196 e. The Hall–Kier alpha value is -3.64. The van der Waals surface area contributed by atoms with Crippen molar-refractivity contribution in [3.8, 4) is 22.8 Å². The first-order chi connectivity index (χ1) is 16.5. The first-order valence-corrected chi connectivity index (χ1v) is 12.3. The van der Waals surface area contributed by atoms with Gasteiger partial charge in [-0.15, -0.1) is 10.2 Å². The molecule has 0 saturated carbocycles. The van der Waals surface area contributed by atoms with Crippen molar-refractivity contribution in [2.45, 2.75) is 38.6 Å². The minimum atomic E-state index is 0.801. The number of rotatable bonds is 6. The van der Waals surface area contributed by atoms with Crippen LogP contribution in [-0.2, 0) is 5.75 Å². The molecule has 6 heteroatoms. The molecule has 0 aliphatic carbocycles. The molecule has 0 unspecified atom stereocenters. The Morgan fingerprint density at radius 3 is 2.15 bits per heavy atom. The van der Waals surface area contributed by atoms with Crippen LogP contribution in [0, 0.1) is 27.7 Å². The number of nitrogens with zero attached hydrogens (tertiary/aromatic N) is 5. The fourth-order valence-electron chi connectivity index (χ4n) is 4.01. The standard InChI is InChI=1S/C28H27N5S/c1-19-10-13-26(16-20(19)2)32-27(24-8-6-5-7-9-24)29-30-28(32)34-18-23-11-14-25(15-12-23)33-22(4)17-21(3)31-33/h5-17H,18H2,1-4H3. The van der Waals surface area contributed by atoms with Gasteiger partial charge in [-0.1, -0.05) is 60.3 Å². The van der Waals surface area contributed by atoms with Gasteiger partial charge in [0.15, 0.2) is 11.0 Å². The van der Waals surface area contributed by atoms with E-state index in [0.29, 0.717) is 0 Å². The highest BCUT2D eigenvalue weighted by atomic mass is 32.2. The van der Waals surface area contributed by atoms with Crippen molar-refractivity contribution in [1.29, 1.82) is 0 Å². The Balaban J connectivity index is 1.44. The molecule has 0 N–H and O–H groups in total. The fraction of sp³-hybridized carbons (Fsp3) is 0.179. The number of hydrogen-bond acceptors (Lipinski definition) is 4. The highest BCUT2D eigenvalue weighted by Gasteiger charge is 2.17. The van der Waals surface area contributed by atoms with E-state index in [4.69, 9.17) is 0 Å². The summed E-state index contributed by atoms with van der Waals surface area (Å²) in [6, 6.07) is 27.4. The molecule has 170 valence electrons. The van der Waals surface area contributed by atoms with E-state index in [-0.39, 0.29) is 0 Å². The zero-order valence-corrected chi connectivity index (χ0v) is 20.7. The SMILES string of the molecule is Cc1cc(C)n(-c2ccc(CSc3nnc(-c4ccccc4)n3-c3ccc(C)c(C)c3)cc2)n1. The monoisotopic (exact) mass is 465 g/mol. The quantitative estimate of drug-likeness (QED) is 0.264. The molecule has 5 nitrogen and oxygen atoms in total. The minimum absolute atomic E-state index is 0.801. The van der Waals surface area contributed by atoms with Gasteiger partial charge in [0, 0.05) is 17.0 Å². The van der Waals surface area contributed by atoms with Crippen molar-refractivity contribution in [3.63, 3.8) is 0 Å². The van der Waals surface area contributed by atoms with Gasteiger partial charge >= 0.3 is 0 Å². The van der Waals surface area contributed by atoms with Gasteiger partial charge in [0.1, 0.15) is 0 Å². The van der Waals surface area contributed by atoms with Gasteiger partial charge in [0.05, 0.1) is 17.1 Å². The second kappa shape index (κ2) is 9.31.